The smallest absolute Gasteiger partial charge is 0.281 e. The molecular formula is C26H21F4Rb. The molecule has 3 aromatic rings. The Hall–Kier alpha value is -1.07. The van der Waals surface area contributed by atoms with Crippen molar-refractivity contribution in [1.82, 2.24) is 0 Å². The van der Waals surface area contributed by atoms with Crippen LogP contribution >= 0.6 is 0 Å². The van der Waals surface area contributed by atoms with E-state index in [-0.39, 0.29) is 75.2 Å². The first-order valence-electron chi connectivity index (χ1n) is 10.0. The fourth-order valence-corrected chi connectivity index (χ4v) is 4.03. The third kappa shape index (κ3) is 5.47. The van der Waals surface area contributed by atoms with Crippen molar-refractivity contribution in [3.63, 3.8) is 0 Å². The number of aryl methyl sites for hydroxylation is 1. The number of allylic oxidation sites excluding steroid dienone is 2. The Bertz CT molecular complexity index is 1100. The van der Waals surface area contributed by atoms with E-state index in [4.69, 9.17) is 0 Å². The van der Waals surface area contributed by atoms with Gasteiger partial charge in [0.25, 0.3) is 0 Å². The molecule has 3 aromatic carbocycles. The van der Waals surface area contributed by atoms with Gasteiger partial charge in [-0.3, -0.25) is 4.39 Å². The van der Waals surface area contributed by atoms with E-state index in [1.807, 2.05) is 12.1 Å². The van der Waals surface area contributed by atoms with Crippen LogP contribution in [0, 0.1) is 42.2 Å². The first kappa shape index (κ1) is 24.6. The summed E-state index contributed by atoms with van der Waals surface area (Å²) < 4.78 is 55.3. The van der Waals surface area contributed by atoms with Crippen molar-refractivity contribution in [3.05, 3.63) is 101 Å². The third-order valence-electron chi connectivity index (χ3n) is 5.84. The zero-order valence-corrected chi connectivity index (χ0v) is 22.5. The maximum atomic E-state index is 14.2. The van der Waals surface area contributed by atoms with Crippen molar-refractivity contribution >= 4 is 5.57 Å². The van der Waals surface area contributed by atoms with Crippen LogP contribution in [0.5, 0.6) is 0 Å². The van der Waals surface area contributed by atoms with E-state index in [1.165, 1.54) is 18.6 Å². The molecule has 0 saturated heterocycles. The van der Waals surface area contributed by atoms with Gasteiger partial charge in [0.15, 0.2) is 11.6 Å². The van der Waals surface area contributed by atoms with Crippen LogP contribution in [0.2, 0.25) is 0 Å². The van der Waals surface area contributed by atoms with Crippen LogP contribution in [-0.2, 0) is 6.42 Å². The van der Waals surface area contributed by atoms with Crippen molar-refractivity contribution in [2.45, 2.75) is 32.6 Å². The second-order valence-electron chi connectivity index (χ2n) is 7.84. The molecule has 31 heavy (non-hydrogen) atoms. The molecule has 1 aliphatic carbocycles. The van der Waals surface area contributed by atoms with Gasteiger partial charge in [0, 0.05) is 17.2 Å². The summed E-state index contributed by atoms with van der Waals surface area (Å²) in [6.07, 6.45) is 5.14. The summed E-state index contributed by atoms with van der Waals surface area (Å²) in [5.74, 6) is -3.11. The molecule has 0 radical (unpaired) electrons. The molecule has 0 aromatic heterocycles. The van der Waals surface area contributed by atoms with Crippen molar-refractivity contribution in [2.75, 3.05) is 0 Å². The average Bonchev–Trinajstić information content (AvgIpc) is 2.76. The predicted octanol–water partition coefficient (Wildman–Crippen LogP) is 4.45. The molecule has 0 amide bonds. The van der Waals surface area contributed by atoms with Gasteiger partial charge in [-0.2, -0.15) is 12.1 Å². The van der Waals surface area contributed by atoms with E-state index < -0.39 is 23.3 Å². The summed E-state index contributed by atoms with van der Waals surface area (Å²) in [5, 5.41) is 0. The topological polar surface area (TPSA) is 0 Å². The standard InChI is InChI=1S/C26H21F4.Rb/c1-16-5-14-22(26(30)24(16)28)20-12-10-19(11-13-20)18-8-6-17(7-9-18)15-21-3-2-4-23(27)25(21)29;/h2-3,5,8,10-14,17H,6-7,9,15H2,1H3;/q-1;+1. The maximum absolute atomic E-state index is 14.2. The fourth-order valence-electron chi connectivity index (χ4n) is 4.03. The van der Waals surface area contributed by atoms with E-state index in [9.17, 15) is 17.6 Å². The number of rotatable bonds is 4. The Labute approximate surface area is 229 Å². The summed E-state index contributed by atoms with van der Waals surface area (Å²) >= 11 is 0. The van der Waals surface area contributed by atoms with Gasteiger partial charge in [0.2, 0.25) is 0 Å². The van der Waals surface area contributed by atoms with Crippen LogP contribution in [0.1, 0.15) is 36.0 Å². The minimum Gasteiger partial charge on any atom is -0.281 e. The van der Waals surface area contributed by atoms with Gasteiger partial charge < -0.3 is 0 Å². The quantitative estimate of drug-likeness (QED) is 0.371. The minimum atomic E-state index is -0.926. The van der Waals surface area contributed by atoms with Gasteiger partial charge in [-0.25, -0.2) is 13.2 Å². The van der Waals surface area contributed by atoms with Gasteiger partial charge in [-0.15, -0.1) is 11.6 Å². The van der Waals surface area contributed by atoms with Crippen molar-refractivity contribution < 1.29 is 75.7 Å². The zero-order chi connectivity index (χ0) is 21.3. The fraction of sp³-hybridized carbons (Fsp3) is 0.231. The van der Waals surface area contributed by atoms with Crippen LogP contribution in [0.15, 0.2) is 54.6 Å². The van der Waals surface area contributed by atoms with Crippen LogP contribution in [0.3, 0.4) is 0 Å². The molecule has 0 N–H and O–H groups in total. The molecular weight excluding hydrogens is 474 g/mol. The van der Waals surface area contributed by atoms with E-state index in [0.29, 0.717) is 17.5 Å². The number of hydrogen-bond acceptors (Lipinski definition) is 0. The molecule has 4 rings (SSSR count). The SMILES string of the molecule is Cc1ccc(-c2ccc(C3=CCC(Cc4cc[c-]c(F)c4F)CC3)cc2)c(F)c1F.[Rb+]. The summed E-state index contributed by atoms with van der Waals surface area (Å²) in [4.78, 5) is 0. The summed E-state index contributed by atoms with van der Waals surface area (Å²) in [5.41, 5.74) is 3.77. The van der Waals surface area contributed by atoms with Gasteiger partial charge in [0.05, 0.1) is 0 Å². The molecule has 1 aliphatic rings. The first-order valence-corrected chi connectivity index (χ1v) is 10.0. The molecule has 1 atom stereocenters. The van der Waals surface area contributed by atoms with E-state index in [0.717, 1.165) is 24.8 Å². The molecule has 0 fully saturated rings. The largest absolute Gasteiger partial charge is 1.00 e. The molecule has 0 nitrogen and oxygen atoms in total. The second kappa shape index (κ2) is 10.7. The number of halogens is 4. The Balaban J connectivity index is 0.00000272. The molecule has 154 valence electrons. The van der Waals surface area contributed by atoms with Crippen LogP contribution in [-0.4, -0.2) is 0 Å². The Morgan fingerprint density at radius 3 is 2.26 bits per heavy atom. The third-order valence-corrected chi connectivity index (χ3v) is 5.84. The van der Waals surface area contributed by atoms with E-state index in [1.54, 1.807) is 30.3 Å². The Kier molecular flexibility index (Phi) is 8.47. The van der Waals surface area contributed by atoms with E-state index in [2.05, 4.69) is 12.1 Å². The monoisotopic (exact) mass is 494 g/mol. The van der Waals surface area contributed by atoms with Gasteiger partial charge in [-0.05, 0) is 60.8 Å². The zero-order valence-electron chi connectivity index (χ0n) is 17.6. The summed E-state index contributed by atoms with van der Waals surface area (Å²) in [7, 11) is 0. The normalized spacial score (nSPS) is 15.9. The second-order valence-corrected chi connectivity index (χ2v) is 7.84. The number of benzene rings is 3. The average molecular weight is 495 g/mol. The van der Waals surface area contributed by atoms with Crippen molar-refractivity contribution in [1.29, 1.82) is 0 Å². The number of hydrogen-bond donors (Lipinski definition) is 0. The van der Waals surface area contributed by atoms with Crippen LogP contribution in [0.25, 0.3) is 16.7 Å². The van der Waals surface area contributed by atoms with Crippen LogP contribution < -0.4 is 58.2 Å². The predicted molar refractivity (Wildman–Crippen MR) is 111 cm³/mol. The molecule has 5 heteroatoms. The Morgan fingerprint density at radius 1 is 0.871 bits per heavy atom. The molecule has 1 unspecified atom stereocenters. The van der Waals surface area contributed by atoms with Gasteiger partial charge in [-0.1, -0.05) is 42.5 Å². The van der Waals surface area contributed by atoms with Crippen molar-refractivity contribution in [3.8, 4) is 11.1 Å². The Morgan fingerprint density at radius 2 is 1.58 bits per heavy atom. The van der Waals surface area contributed by atoms with Gasteiger partial charge in [0.1, 0.15) is 0 Å². The van der Waals surface area contributed by atoms with Gasteiger partial charge >= 0.3 is 58.2 Å². The summed E-state index contributed by atoms with van der Waals surface area (Å²) in [6, 6.07) is 15.8. The van der Waals surface area contributed by atoms with E-state index >= 15 is 0 Å². The van der Waals surface area contributed by atoms with Crippen molar-refractivity contribution in [2.24, 2.45) is 5.92 Å². The molecule has 0 spiro atoms. The molecule has 0 aliphatic heterocycles. The molecule has 0 bridgehead atoms. The molecule has 0 saturated carbocycles. The van der Waals surface area contributed by atoms with Crippen LogP contribution in [0.4, 0.5) is 17.6 Å². The summed E-state index contributed by atoms with van der Waals surface area (Å²) in [6.45, 7) is 1.54. The molecule has 0 heterocycles. The first-order chi connectivity index (χ1) is 14.4. The maximum Gasteiger partial charge on any atom is 1.00 e. The minimum absolute atomic E-state index is 0.